The fraction of sp³-hybridized carbons (Fsp3) is 0.316. The van der Waals surface area contributed by atoms with E-state index in [1.807, 2.05) is 0 Å². The smallest absolute Gasteiger partial charge is 0.251 e. The Hall–Kier alpha value is -2.29. The van der Waals surface area contributed by atoms with Gasteiger partial charge < -0.3 is 11.1 Å². The fourth-order valence-electron chi connectivity index (χ4n) is 2.35. The van der Waals surface area contributed by atoms with Crippen LogP contribution in [0.1, 0.15) is 47.7 Å². The molecule has 116 valence electrons. The average molecular weight is 296 g/mol. The number of rotatable bonds is 6. The van der Waals surface area contributed by atoms with Crippen LogP contribution in [-0.4, -0.2) is 12.5 Å². The van der Waals surface area contributed by atoms with Crippen LogP contribution in [0, 0.1) is 0 Å². The molecule has 0 saturated carbocycles. The molecule has 0 spiro atoms. The number of nitrogen functional groups attached to an aromatic ring is 1. The van der Waals surface area contributed by atoms with Gasteiger partial charge >= 0.3 is 0 Å². The zero-order valence-electron chi connectivity index (χ0n) is 13.3. The standard InChI is InChI=1S/C19H24N2O/c1-14(2)16-10-8-15(9-11-16)5-4-12-21-19(22)17-6-3-7-18(20)13-17/h3,6-11,13-14H,4-5,12,20H2,1-2H3,(H,21,22). The number of nitrogens with one attached hydrogen (secondary N) is 1. The Balaban J connectivity index is 1.76. The van der Waals surface area contributed by atoms with Crippen LogP contribution in [0.25, 0.3) is 0 Å². The lowest BCUT2D eigenvalue weighted by Crippen LogP contribution is -2.24. The van der Waals surface area contributed by atoms with Crippen molar-refractivity contribution >= 4 is 11.6 Å². The van der Waals surface area contributed by atoms with Gasteiger partial charge in [0.1, 0.15) is 0 Å². The van der Waals surface area contributed by atoms with Gasteiger partial charge in [0.25, 0.3) is 5.91 Å². The molecule has 2 aromatic rings. The summed E-state index contributed by atoms with van der Waals surface area (Å²) in [6, 6.07) is 15.8. The molecule has 0 aliphatic carbocycles. The number of carbonyl (C=O) groups is 1. The molecule has 3 nitrogen and oxygen atoms in total. The molecule has 0 aliphatic heterocycles. The number of amides is 1. The maximum absolute atomic E-state index is 12.0. The minimum absolute atomic E-state index is 0.0672. The van der Waals surface area contributed by atoms with E-state index in [1.165, 1.54) is 11.1 Å². The summed E-state index contributed by atoms with van der Waals surface area (Å²) in [5.41, 5.74) is 9.57. The highest BCUT2D eigenvalue weighted by molar-refractivity contribution is 5.94. The van der Waals surface area contributed by atoms with E-state index in [1.54, 1.807) is 24.3 Å². The Kier molecular flexibility index (Phi) is 5.59. The van der Waals surface area contributed by atoms with Crippen molar-refractivity contribution in [3.63, 3.8) is 0 Å². The summed E-state index contributed by atoms with van der Waals surface area (Å²) in [5, 5.41) is 2.93. The molecule has 0 atom stereocenters. The Morgan fingerprint density at radius 3 is 2.50 bits per heavy atom. The van der Waals surface area contributed by atoms with Gasteiger partial charge in [0.15, 0.2) is 0 Å². The molecule has 0 heterocycles. The van der Waals surface area contributed by atoms with Crippen LogP contribution in [-0.2, 0) is 6.42 Å². The lowest BCUT2D eigenvalue weighted by Gasteiger charge is -2.08. The van der Waals surface area contributed by atoms with Gasteiger partial charge in [0.2, 0.25) is 0 Å². The SMILES string of the molecule is CC(C)c1ccc(CCCNC(=O)c2cccc(N)c2)cc1. The molecule has 0 aromatic heterocycles. The maximum Gasteiger partial charge on any atom is 0.251 e. The molecule has 0 bridgehead atoms. The van der Waals surface area contributed by atoms with Crippen molar-refractivity contribution in [2.75, 3.05) is 12.3 Å². The molecule has 2 rings (SSSR count). The van der Waals surface area contributed by atoms with Crippen LogP contribution in [0.3, 0.4) is 0 Å². The van der Waals surface area contributed by atoms with Crippen LogP contribution in [0.5, 0.6) is 0 Å². The summed E-state index contributed by atoms with van der Waals surface area (Å²) in [6.07, 6.45) is 1.89. The first-order chi connectivity index (χ1) is 10.6. The Labute approximate surface area is 132 Å². The van der Waals surface area contributed by atoms with Gasteiger partial charge in [-0.2, -0.15) is 0 Å². The van der Waals surface area contributed by atoms with Crippen molar-refractivity contribution in [2.45, 2.75) is 32.6 Å². The van der Waals surface area contributed by atoms with Crippen molar-refractivity contribution in [2.24, 2.45) is 0 Å². The maximum atomic E-state index is 12.0. The normalized spacial score (nSPS) is 10.7. The molecule has 1 amide bonds. The van der Waals surface area contributed by atoms with E-state index < -0.39 is 0 Å². The van der Waals surface area contributed by atoms with E-state index in [0.29, 0.717) is 23.7 Å². The highest BCUT2D eigenvalue weighted by Gasteiger charge is 2.04. The van der Waals surface area contributed by atoms with E-state index >= 15 is 0 Å². The predicted octanol–water partition coefficient (Wildman–Crippen LogP) is 3.75. The second-order valence-corrected chi connectivity index (χ2v) is 5.88. The van der Waals surface area contributed by atoms with Gasteiger partial charge in [-0.25, -0.2) is 0 Å². The quantitative estimate of drug-likeness (QED) is 0.630. The number of hydrogen-bond donors (Lipinski definition) is 2. The van der Waals surface area contributed by atoms with Crippen molar-refractivity contribution in [1.29, 1.82) is 0 Å². The lowest BCUT2D eigenvalue weighted by atomic mass is 10.0. The van der Waals surface area contributed by atoms with E-state index in [0.717, 1.165) is 12.8 Å². The first-order valence-corrected chi connectivity index (χ1v) is 7.79. The number of nitrogens with two attached hydrogens (primary N) is 1. The van der Waals surface area contributed by atoms with Crippen molar-refractivity contribution < 1.29 is 4.79 Å². The zero-order chi connectivity index (χ0) is 15.9. The summed E-state index contributed by atoms with van der Waals surface area (Å²) in [6.45, 7) is 5.06. The molecule has 0 radical (unpaired) electrons. The van der Waals surface area contributed by atoms with Crippen molar-refractivity contribution in [3.8, 4) is 0 Å². The molecule has 3 N–H and O–H groups in total. The molecule has 0 saturated heterocycles. The Bertz CT molecular complexity index is 618. The van der Waals surface area contributed by atoms with Gasteiger partial charge in [0, 0.05) is 17.8 Å². The number of benzene rings is 2. The van der Waals surface area contributed by atoms with Crippen molar-refractivity contribution in [3.05, 3.63) is 65.2 Å². The first-order valence-electron chi connectivity index (χ1n) is 7.79. The summed E-state index contributed by atoms with van der Waals surface area (Å²) in [7, 11) is 0. The van der Waals surface area contributed by atoms with Gasteiger partial charge in [-0.3, -0.25) is 4.79 Å². The van der Waals surface area contributed by atoms with E-state index in [9.17, 15) is 4.79 Å². The minimum Gasteiger partial charge on any atom is -0.399 e. The van der Waals surface area contributed by atoms with Crippen LogP contribution in [0.2, 0.25) is 0 Å². The van der Waals surface area contributed by atoms with Crippen LogP contribution >= 0.6 is 0 Å². The summed E-state index contributed by atoms with van der Waals surface area (Å²) >= 11 is 0. The molecule has 22 heavy (non-hydrogen) atoms. The van der Waals surface area contributed by atoms with E-state index in [2.05, 4.69) is 43.4 Å². The molecule has 0 unspecified atom stereocenters. The summed E-state index contributed by atoms with van der Waals surface area (Å²) in [4.78, 5) is 12.0. The van der Waals surface area contributed by atoms with Crippen LogP contribution in [0.15, 0.2) is 48.5 Å². The number of anilines is 1. The monoisotopic (exact) mass is 296 g/mol. The molecule has 0 fully saturated rings. The second kappa shape index (κ2) is 7.64. The third kappa shape index (κ3) is 4.62. The lowest BCUT2D eigenvalue weighted by molar-refractivity contribution is 0.0953. The van der Waals surface area contributed by atoms with Gasteiger partial charge in [-0.1, -0.05) is 44.2 Å². The van der Waals surface area contributed by atoms with Gasteiger partial charge in [-0.05, 0) is 48.1 Å². The predicted molar refractivity (Wildman–Crippen MR) is 92.0 cm³/mol. The zero-order valence-corrected chi connectivity index (χ0v) is 13.3. The van der Waals surface area contributed by atoms with E-state index in [-0.39, 0.29) is 5.91 Å². The molecule has 2 aromatic carbocycles. The summed E-state index contributed by atoms with van der Waals surface area (Å²) in [5.74, 6) is 0.495. The largest absolute Gasteiger partial charge is 0.399 e. The number of aryl methyl sites for hydroxylation is 1. The van der Waals surface area contributed by atoms with Crippen LogP contribution < -0.4 is 11.1 Å². The number of carbonyl (C=O) groups excluding carboxylic acids is 1. The highest BCUT2D eigenvalue weighted by atomic mass is 16.1. The fourth-order valence-corrected chi connectivity index (χ4v) is 2.35. The van der Waals surface area contributed by atoms with Gasteiger partial charge in [0.05, 0.1) is 0 Å². The molecule has 3 heteroatoms. The molecule has 0 aliphatic rings. The molecular weight excluding hydrogens is 272 g/mol. The third-order valence-corrected chi connectivity index (χ3v) is 3.72. The highest BCUT2D eigenvalue weighted by Crippen LogP contribution is 2.15. The summed E-state index contributed by atoms with van der Waals surface area (Å²) < 4.78 is 0. The minimum atomic E-state index is -0.0672. The second-order valence-electron chi connectivity index (χ2n) is 5.88. The Morgan fingerprint density at radius 2 is 1.86 bits per heavy atom. The first kappa shape index (κ1) is 16.1. The Morgan fingerprint density at radius 1 is 1.14 bits per heavy atom. The topological polar surface area (TPSA) is 55.1 Å². The average Bonchev–Trinajstić information content (AvgIpc) is 2.51. The molecular formula is C19H24N2O. The van der Waals surface area contributed by atoms with Crippen LogP contribution in [0.4, 0.5) is 5.69 Å². The van der Waals surface area contributed by atoms with Crippen molar-refractivity contribution in [1.82, 2.24) is 5.32 Å². The van der Waals surface area contributed by atoms with Gasteiger partial charge in [-0.15, -0.1) is 0 Å². The third-order valence-electron chi connectivity index (χ3n) is 3.72. The van der Waals surface area contributed by atoms with E-state index in [4.69, 9.17) is 5.73 Å². The number of hydrogen-bond acceptors (Lipinski definition) is 2.